The van der Waals surface area contributed by atoms with Gasteiger partial charge in [-0.05, 0) is 18.2 Å². The maximum Gasteiger partial charge on any atom is 0.275 e. The van der Waals surface area contributed by atoms with Crippen molar-refractivity contribution in [3.05, 3.63) is 47.1 Å². The Labute approximate surface area is 113 Å². The molecule has 2 N–H and O–H groups in total. The summed E-state index contributed by atoms with van der Waals surface area (Å²) < 4.78 is 13.2. The van der Waals surface area contributed by atoms with Gasteiger partial charge < -0.3 is 10.6 Å². The molecule has 0 radical (unpaired) electrons. The lowest BCUT2D eigenvalue weighted by molar-refractivity contribution is 0.102. The summed E-state index contributed by atoms with van der Waals surface area (Å²) in [7, 11) is 1.69. The van der Waals surface area contributed by atoms with Crippen LogP contribution in [0, 0.1) is 5.82 Å². The lowest BCUT2D eigenvalue weighted by Gasteiger charge is -2.05. The lowest BCUT2D eigenvalue weighted by Crippen LogP contribution is -2.14. The van der Waals surface area contributed by atoms with Crippen molar-refractivity contribution in [1.29, 1.82) is 0 Å². The SMILES string of the molecule is CNc1cnc(C(=O)Nc2ccc(Cl)c(F)c2)cn1. The molecule has 0 aliphatic carbocycles. The Morgan fingerprint density at radius 1 is 1.32 bits per heavy atom. The summed E-state index contributed by atoms with van der Waals surface area (Å²) in [5.74, 6) is -0.526. The van der Waals surface area contributed by atoms with Crippen molar-refractivity contribution < 1.29 is 9.18 Å². The second kappa shape index (κ2) is 5.62. The number of amides is 1. The van der Waals surface area contributed by atoms with E-state index in [1.807, 2.05) is 0 Å². The molecule has 0 aliphatic heterocycles. The second-order valence-corrected chi connectivity index (χ2v) is 4.03. The highest BCUT2D eigenvalue weighted by atomic mass is 35.5. The molecule has 0 bridgehead atoms. The molecule has 1 aromatic heterocycles. The van der Waals surface area contributed by atoms with Crippen molar-refractivity contribution in [3.8, 4) is 0 Å². The van der Waals surface area contributed by atoms with Gasteiger partial charge in [0.1, 0.15) is 17.3 Å². The van der Waals surface area contributed by atoms with Crippen LogP contribution in [0.2, 0.25) is 5.02 Å². The first kappa shape index (κ1) is 13.2. The molecule has 19 heavy (non-hydrogen) atoms. The van der Waals surface area contributed by atoms with E-state index in [9.17, 15) is 9.18 Å². The van der Waals surface area contributed by atoms with Gasteiger partial charge in [-0.1, -0.05) is 11.6 Å². The summed E-state index contributed by atoms with van der Waals surface area (Å²) in [4.78, 5) is 19.7. The van der Waals surface area contributed by atoms with E-state index < -0.39 is 11.7 Å². The molecule has 1 amide bonds. The molecule has 2 aromatic rings. The fourth-order valence-electron chi connectivity index (χ4n) is 1.34. The van der Waals surface area contributed by atoms with Gasteiger partial charge in [-0.25, -0.2) is 14.4 Å². The molecule has 1 heterocycles. The Balaban J connectivity index is 2.13. The van der Waals surface area contributed by atoms with Crippen LogP contribution in [-0.2, 0) is 0 Å². The number of nitrogens with zero attached hydrogens (tertiary/aromatic N) is 2. The maximum atomic E-state index is 13.2. The summed E-state index contributed by atoms with van der Waals surface area (Å²) in [5, 5.41) is 5.29. The first-order valence-electron chi connectivity index (χ1n) is 5.36. The van der Waals surface area contributed by atoms with Crippen LogP contribution in [0.25, 0.3) is 0 Å². The van der Waals surface area contributed by atoms with Crippen LogP contribution >= 0.6 is 11.6 Å². The minimum atomic E-state index is -0.601. The predicted octanol–water partition coefficient (Wildman–Crippen LogP) is 2.56. The van der Waals surface area contributed by atoms with Crippen molar-refractivity contribution in [3.63, 3.8) is 0 Å². The van der Waals surface area contributed by atoms with E-state index in [0.717, 1.165) is 6.07 Å². The topological polar surface area (TPSA) is 66.9 Å². The Bertz CT molecular complexity index is 603. The van der Waals surface area contributed by atoms with E-state index in [0.29, 0.717) is 11.5 Å². The summed E-state index contributed by atoms with van der Waals surface area (Å²) in [6.07, 6.45) is 2.75. The van der Waals surface area contributed by atoms with E-state index in [-0.39, 0.29) is 10.7 Å². The third kappa shape index (κ3) is 3.17. The van der Waals surface area contributed by atoms with Gasteiger partial charge in [0.15, 0.2) is 0 Å². The third-order valence-electron chi connectivity index (χ3n) is 2.32. The molecular weight excluding hydrogens is 271 g/mol. The molecule has 0 saturated heterocycles. The average Bonchev–Trinajstić information content (AvgIpc) is 2.43. The number of hydrogen-bond acceptors (Lipinski definition) is 4. The molecular formula is C12H10ClFN4O. The molecule has 0 saturated carbocycles. The number of carbonyl (C=O) groups is 1. The van der Waals surface area contributed by atoms with E-state index in [1.165, 1.54) is 24.5 Å². The van der Waals surface area contributed by atoms with Gasteiger partial charge in [0.2, 0.25) is 0 Å². The lowest BCUT2D eigenvalue weighted by atomic mass is 10.3. The quantitative estimate of drug-likeness (QED) is 0.907. The molecule has 1 aromatic carbocycles. The van der Waals surface area contributed by atoms with Crippen molar-refractivity contribution >= 4 is 29.0 Å². The largest absolute Gasteiger partial charge is 0.372 e. The molecule has 2 rings (SSSR count). The molecule has 0 aliphatic rings. The smallest absolute Gasteiger partial charge is 0.275 e. The van der Waals surface area contributed by atoms with Crippen LogP contribution in [-0.4, -0.2) is 22.9 Å². The summed E-state index contributed by atoms with van der Waals surface area (Å²) in [6, 6.07) is 4.00. The number of hydrogen-bond donors (Lipinski definition) is 2. The van der Waals surface area contributed by atoms with Crippen LogP contribution in [0.1, 0.15) is 10.5 Å². The van der Waals surface area contributed by atoms with Gasteiger partial charge in [-0.15, -0.1) is 0 Å². The number of rotatable bonds is 3. The number of nitrogens with one attached hydrogen (secondary N) is 2. The van der Waals surface area contributed by atoms with Crippen molar-refractivity contribution in [1.82, 2.24) is 9.97 Å². The van der Waals surface area contributed by atoms with Crippen molar-refractivity contribution in [2.45, 2.75) is 0 Å². The van der Waals surface area contributed by atoms with Gasteiger partial charge in [0, 0.05) is 12.7 Å². The molecule has 5 nitrogen and oxygen atoms in total. The monoisotopic (exact) mass is 280 g/mol. The molecule has 7 heteroatoms. The minimum absolute atomic E-state index is 0.00355. The fraction of sp³-hybridized carbons (Fsp3) is 0.0833. The van der Waals surface area contributed by atoms with Crippen molar-refractivity contribution in [2.24, 2.45) is 0 Å². The van der Waals surface area contributed by atoms with Gasteiger partial charge >= 0.3 is 0 Å². The Morgan fingerprint density at radius 2 is 2.11 bits per heavy atom. The maximum absolute atomic E-state index is 13.2. The number of benzene rings is 1. The fourth-order valence-corrected chi connectivity index (χ4v) is 1.46. The van der Waals surface area contributed by atoms with E-state index in [1.54, 1.807) is 7.05 Å². The number of aromatic nitrogens is 2. The molecule has 0 spiro atoms. The van der Waals surface area contributed by atoms with Crippen LogP contribution in [0.15, 0.2) is 30.6 Å². The highest BCUT2D eigenvalue weighted by Crippen LogP contribution is 2.19. The Morgan fingerprint density at radius 3 is 2.68 bits per heavy atom. The first-order valence-corrected chi connectivity index (χ1v) is 5.74. The van der Waals surface area contributed by atoms with Gasteiger partial charge in [0.25, 0.3) is 5.91 Å². The van der Waals surface area contributed by atoms with E-state index in [4.69, 9.17) is 11.6 Å². The zero-order valence-corrected chi connectivity index (χ0v) is 10.7. The zero-order chi connectivity index (χ0) is 13.8. The molecule has 0 unspecified atom stereocenters. The normalized spacial score (nSPS) is 10.1. The molecule has 0 atom stereocenters. The average molecular weight is 281 g/mol. The number of anilines is 2. The van der Waals surface area contributed by atoms with Gasteiger partial charge in [-0.2, -0.15) is 0 Å². The van der Waals surface area contributed by atoms with Gasteiger partial charge in [-0.3, -0.25) is 4.79 Å². The first-order chi connectivity index (χ1) is 9.10. The standard InChI is InChI=1S/C12H10ClFN4O/c1-15-11-6-16-10(5-17-11)12(19)18-7-2-3-8(13)9(14)4-7/h2-6H,1H3,(H,15,17)(H,18,19). The molecule has 0 fully saturated rings. The summed E-state index contributed by atoms with van der Waals surface area (Å²) in [6.45, 7) is 0. The van der Waals surface area contributed by atoms with Crippen LogP contribution in [0.3, 0.4) is 0 Å². The zero-order valence-electron chi connectivity index (χ0n) is 9.95. The van der Waals surface area contributed by atoms with E-state index in [2.05, 4.69) is 20.6 Å². The predicted molar refractivity (Wildman–Crippen MR) is 70.9 cm³/mol. The van der Waals surface area contributed by atoms with Crippen LogP contribution in [0.4, 0.5) is 15.9 Å². The number of halogens is 2. The van der Waals surface area contributed by atoms with Crippen LogP contribution < -0.4 is 10.6 Å². The summed E-state index contributed by atoms with van der Waals surface area (Å²) in [5.41, 5.74) is 0.431. The highest BCUT2D eigenvalue weighted by Gasteiger charge is 2.09. The Kier molecular flexibility index (Phi) is 3.91. The minimum Gasteiger partial charge on any atom is -0.372 e. The number of carbonyl (C=O) groups excluding carboxylic acids is 1. The van der Waals surface area contributed by atoms with Gasteiger partial charge in [0.05, 0.1) is 17.4 Å². The Hall–Kier alpha value is -2.21. The molecule has 98 valence electrons. The van der Waals surface area contributed by atoms with Crippen molar-refractivity contribution in [2.75, 3.05) is 17.7 Å². The summed E-state index contributed by atoms with van der Waals surface area (Å²) >= 11 is 5.55. The highest BCUT2D eigenvalue weighted by molar-refractivity contribution is 6.30. The second-order valence-electron chi connectivity index (χ2n) is 3.62. The third-order valence-corrected chi connectivity index (χ3v) is 2.62. The van der Waals surface area contributed by atoms with E-state index >= 15 is 0 Å². The van der Waals surface area contributed by atoms with Crippen LogP contribution in [0.5, 0.6) is 0 Å².